The number of aryl methyl sites for hydroxylation is 1. The van der Waals surface area contributed by atoms with Gasteiger partial charge in [0, 0.05) is 31.9 Å². The SMILES string of the molecule is Cc1cccc(Cl)c1NC(=O)c1cnc(Nc2ccn(CC3CCN(C(=O)O)C3)n2)s1. The number of hydrogen-bond donors (Lipinski definition) is 3. The van der Waals surface area contributed by atoms with Gasteiger partial charge in [-0.25, -0.2) is 9.78 Å². The first-order valence-electron chi connectivity index (χ1n) is 9.69. The molecule has 0 radical (unpaired) electrons. The van der Waals surface area contributed by atoms with E-state index in [0.717, 1.165) is 12.0 Å². The molecule has 0 bridgehead atoms. The molecule has 162 valence electrons. The minimum absolute atomic E-state index is 0.243. The Morgan fingerprint density at radius 2 is 2.19 bits per heavy atom. The van der Waals surface area contributed by atoms with Gasteiger partial charge in [-0.2, -0.15) is 5.10 Å². The molecule has 31 heavy (non-hydrogen) atoms. The maximum Gasteiger partial charge on any atom is 0.407 e. The minimum atomic E-state index is -0.876. The zero-order chi connectivity index (χ0) is 22.0. The fourth-order valence-corrected chi connectivity index (χ4v) is 4.45. The van der Waals surface area contributed by atoms with Gasteiger partial charge in [0.1, 0.15) is 4.88 Å². The monoisotopic (exact) mass is 460 g/mol. The molecule has 1 aliphatic rings. The van der Waals surface area contributed by atoms with Gasteiger partial charge >= 0.3 is 6.09 Å². The molecule has 9 nitrogen and oxygen atoms in total. The number of amides is 2. The summed E-state index contributed by atoms with van der Waals surface area (Å²) in [6.07, 6.45) is 3.29. The number of anilines is 3. The highest BCUT2D eigenvalue weighted by atomic mass is 35.5. The molecule has 3 heterocycles. The number of carbonyl (C=O) groups excluding carboxylic acids is 1. The van der Waals surface area contributed by atoms with Crippen LogP contribution in [0.5, 0.6) is 0 Å². The van der Waals surface area contributed by atoms with Crippen molar-refractivity contribution in [2.75, 3.05) is 23.7 Å². The number of rotatable bonds is 6. The lowest BCUT2D eigenvalue weighted by molar-refractivity contribution is 0.103. The second kappa shape index (κ2) is 8.94. The summed E-state index contributed by atoms with van der Waals surface area (Å²) in [5, 5.41) is 20.5. The molecule has 0 spiro atoms. The summed E-state index contributed by atoms with van der Waals surface area (Å²) in [5.74, 6) is 0.570. The molecule has 1 fully saturated rings. The molecule has 2 amide bonds. The Hall–Kier alpha value is -3.11. The molecule has 1 aromatic carbocycles. The molecule has 1 saturated heterocycles. The van der Waals surface area contributed by atoms with E-state index in [9.17, 15) is 9.59 Å². The molecular weight excluding hydrogens is 440 g/mol. The third kappa shape index (κ3) is 4.97. The number of hydrogen-bond acceptors (Lipinski definition) is 6. The van der Waals surface area contributed by atoms with Gasteiger partial charge < -0.3 is 20.6 Å². The van der Waals surface area contributed by atoms with E-state index in [1.165, 1.54) is 22.4 Å². The molecule has 1 aliphatic heterocycles. The van der Waals surface area contributed by atoms with E-state index in [2.05, 4.69) is 20.7 Å². The van der Waals surface area contributed by atoms with Crippen molar-refractivity contribution in [3.63, 3.8) is 0 Å². The number of aromatic nitrogens is 3. The zero-order valence-electron chi connectivity index (χ0n) is 16.7. The Balaban J connectivity index is 1.35. The molecular formula is C20H21ClN6O3S. The second-order valence-corrected chi connectivity index (χ2v) is 8.78. The van der Waals surface area contributed by atoms with Gasteiger partial charge in [0.05, 0.1) is 16.9 Å². The van der Waals surface area contributed by atoms with E-state index in [4.69, 9.17) is 16.7 Å². The highest BCUT2D eigenvalue weighted by Crippen LogP contribution is 2.28. The van der Waals surface area contributed by atoms with Crippen molar-refractivity contribution in [1.82, 2.24) is 19.7 Å². The van der Waals surface area contributed by atoms with Crippen molar-refractivity contribution in [2.45, 2.75) is 19.9 Å². The van der Waals surface area contributed by atoms with E-state index in [0.29, 0.717) is 46.2 Å². The van der Waals surface area contributed by atoms with Crippen LogP contribution in [0, 0.1) is 12.8 Å². The zero-order valence-corrected chi connectivity index (χ0v) is 18.3. The number of benzene rings is 1. The van der Waals surface area contributed by atoms with Crippen LogP contribution in [0.2, 0.25) is 5.02 Å². The Labute approximate surface area is 187 Å². The number of carboxylic acid groups (broad SMARTS) is 1. The van der Waals surface area contributed by atoms with Gasteiger partial charge in [-0.3, -0.25) is 9.48 Å². The van der Waals surface area contributed by atoms with Crippen molar-refractivity contribution >= 4 is 51.6 Å². The largest absolute Gasteiger partial charge is 0.465 e. The molecule has 11 heteroatoms. The van der Waals surface area contributed by atoms with Crippen LogP contribution in [-0.4, -0.2) is 49.9 Å². The van der Waals surface area contributed by atoms with Crippen molar-refractivity contribution in [2.24, 2.45) is 5.92 Å². The maximum atomic E-state index is 12.6. The summed E-state index contributed by atoms with van der Waals surface area (Å²) in [7, 11) is 0. The Bertz CT molecular complexity index is 1090. The van der Waals surface area contributed by atoms with Gasteiger partial charge in [0.2, 0.25) is 0 Å². The third-order valence-electron chi connectivity index (χ3n) is 5.07. The van der Waals surface area contributed by atoms with Gasteiger partial charge in [0.15, 0.2) is 10.9 Å². The van der Waals surface area contributed by atoms with Gasteiger partial charge in [-0.05, 0) is 30.9 Å². The first-order chi connectivity index (χ1) is 14.9. The van der Waals surface area contributed by atoms with Crippen LogP contribution in [-0.2, 0) is 6.54 Å². The van der Waals surface area contributed by atoms with Crippen molar-refractivity contribution in [3.05, 3.63) is 52.1 Å². The Morgan fingerprint density at radius 1 is 1.35 bits per heavy atom. The van der Waals surface area contributed by atoms with Crippen LogP contribution >= 0.6 is 22.9 Å². The van der Waals surface area contributed by atoms with Crippen LogP contribution < -0.4 is 10.6 Å². The number of nitrogens with one attached hydrogen (secondary N) is 2. The summed E-state index contributed by atoms with van der Waals surface area (Å²) < 4.78 is 1.79. The number of para-hydroxylation sites is 1. The lowest BCUT2D eigenvalue weighted by Crippen LogP contribution is -2.27. The first kappa shape index (κ1) is 21.1. The molecule has 3 N–H and O–H groups in total. The summed E-state index contributed by atoms with van der Waals surface area (Å²) in [6.45, 7) is 3.61. The van der Waals surface area contributed by atoms with Crippen molar-refractivity contribution in [1.29, 1.82) is 0 Å². The fraction of sp³-hybridized carbons (Fsp3) is 0.300. The predicted octanol–water partition coefficient (Wildman–Crippen LogP) is 4.30. The lowest BCUT2D eigenvalue weighted by atomic mass is 10.1. The number of carbonyl (C=O) groups is 2. The number of likely N-dealkylation sites (tertiary alicyclic amines) is 1. The molecule has 1 unspecified atom stereocenters. The standard InChI is InChI=1S/C20H21ClN6O3S/c1-12-3-2-4-14(21)17(12)24-18(28)15-9-22-19(31-15)23-16-6-8-27(25-16)11-13-5-7-26(10-13)20(29)30/h2-4,6,8-9,13H,5,7,10-11H2,1H3,(H,24,28)(H,29,30)(H,22,23,25). The maximum absolute atomic E-state index is 12.6. The van der Waals surface area contributed by atoms with E-state index >= 15 is 0 Å². The lowest BCUT2D eigenvalue weighted by Gasteiger charge is -2.12. The smallest absolute Gasteiger partial charge is 0.407 e. The predicted molar refractivity (Wildman–Crippen MR) is 119 cm³/mol. The molecule has 2 aromatic heterocycles. The number of thiazole rings is 1. The molecule has 4 rings (SSSR count). The topological polar surface area (TPSA) is 112 Å². The highest BCUT2D eigenvalue weighted by Gasteiger charge is 2.26. The van der Waals surface area contributed by atoms with E-state index in [1.807, 2.05) is 31.3 Å². The van der Waals surface area contributed by atoms with Crippen molar-refractivity contribution < 1.29 is 14.7 Å². The molecule has 3 aromatic rings. The van der Waals surface area contributed by atoms with E-state index in [-0.39, 0.29) is 11.8 Å². The normalized spacial score (nSPS) is 15.8. The summed E-state index contributed by atoms with van der Waals surface area (Å²) in [6, 6.07) is 7.25. The summed E-state index contributed by atoms with van der Waals surface area (Å²) >= 11 is 7.39. The molecule has 0 aliphatic carbocycles. The summed E-state index contributed by atoms with van der Waals surface area (Å²) in [4.78, 5) is 29.7. The first-order valence-corrected chi connectivity index (χ1v) is 10.9. The third-order valence-corrected chi connectivity index (χ3v) is 6.29. The Morgan fingerprint density at radius 3 is 2.94 bits per heavy atom. The van der Waals surface area contributed by atoms with Gasteiger partial charge in [-0.15, -0.1) is 0 Å². The van der Waals surface area contributed by atoms with Gasteiger partial charge in [-0.1, -0.05) is 35.1 Å². The van der Waals surface area contributed by atoms with Crippen LogP contribution in [0.15, 0.2) is 36.7 Å². The molecule has 0 saturated carbocycles. The van der Waals surface area contributed by atoms with Crippen LogP contribution in [0.3, 0.4) is 0 Å². The average molecular weight is 461 g/mol. The fourth-order valence-electron chi connectivity index (χ4n) is 3.46. The van der Waals surface area contributed by atoms with E-state index < -0.39 is 6.09 Å². The van der Waals surface area contributed by atoms with Gasteiger partial charge in [0.25, 0.3) is 5.91 Å². The number of halogens is 1. The Kier molecular flexibility index (Phi) is 6.10. The quantitative estimate of drug-likeness (QED) is 0.505. The van der Waals surface area contributed by atoms with Crippen molar-refractivity contribution in [3.8, 4) is 0 Å². The van der Waals surface area contributed by atoms with E-state index in [1.54, 1.807) is 10.7 Å². The van der Waals surface area contributed by atoms with Crippen LogP contribution in [0.1, 0.15) is 21.7 Å². The van der Waals surface area contributed by atoms with Crippen LogP contribution in [0.4, 0.5) is 21.4 Å². The average Bonchev–Trinajstić information content (AvgIpc) is 3.47. The van der Waals surface area contributed by atoms with Crippen LogP contribution in [0.25, 0.3) is 0 Å². The second-order valence-electron chi connectivity index (χ2n) is 7.35. The molecule has 1 atom stereocenters. The number of nitrogens with zero attached hydrogens (tertiary/aromatic N) is 4. The highest BCUT2D eigenvalue weighted by molar-refractivity contribution is 7.17. The minimum Gasteiger partial charge on any atom is -0.465 e. The summed E-state index contributed by atoms with van der Waals surface area (Å²) in [5.41, 5.74) is 1.46.